The van der Waals surface area contributed by atoms with Gasteiger partial charge in [-0.1, -0.05) is 6.07 Å². The van der Waals surface area contributed by atoms with E-state index in [-0.39, 0.29) is 0 Å². The molecule has 0 radical (unpaired) electrons. The fourth-order valence-corrected chi connectivity index (χ4v) is 2.25. The molecule has 0 saturated carbocycles. The molecule has 0 amide bonds. The maximum absolute atomic E-state index is 9.81. The van der Waals surface area contributed by atoms with E-state index in [2.05, 4.69) is 30.9 Å². The number of aryl methyl sites for hydroxylation is 2. The Morgan fingerprint density at radius 3 is 2.33 bits per heavy atom. The first-order chi connectivity index (χ1) is 8.23. The van der Waals surface area contributed by atoms with Crippen molar-refractivity contribution in [2.75, 3.05) is 20.7 Å². The number of aliphatic hydroxyl groups is 1. The van der Waals surface area contributed by atoms with Crippen LogP contribution in [0.25, 0.3) is 0 Å². The first-order valence-electron chi connectivity index (χ1n) is 6.28. The highest BCUT2D eigenvalue weighted by molar-refractivity contribution is 5.41. The van der Waals surface area contributed by atoms with Crippen LogP contribution in [0.5, 0.6) is 5.75 Å². The van der Waals surface area contributed by atoms with Crippen LogP contribution in [0, 0.1) is 13.8 Å². The van der Waals surface area contributed by atoms with E-state index in [0.29, 0.717) is 6.54 Å². The van der Waals surface area contributed by atoms with E-state index < -0.39 is 5.60 Å². The van der Waals surface area contributed by atoms with Gasteiger partial charge in [0.1, 0.15) is 5.75 Å². The Balaban J connectivity index is 2.82. The average molecular weight is 251 g/mol. The van der Waals surface area contributed by atoms with Crippen molar-refractivity contribution in [1.82, 2.24) is 4.90 Å². The lowest BCUT2D eigenvalue weighted by Crippen LogP contribution is -2.35. The molecule has 0 bridgehead atoms. The van der Waals surface area contributed by atoms with Crippen molar-refractivity contribution in [3.05, 3.63) is 28.8 Å². The first kappa shape index (κ1) is 15.0. The van der Waals surface area contributed by atoms with Gasteiger partial charge in [0.25, 0.3) is 0 Å². The molecule has 0 spiro atoms. The second kappa shape index (κ2) is 5.72. The van der Waals surface area contributed by atoms with Gasteiger partial charge in [0.15, 0.2) is 0 Å². The van der Waals surface area contributed by atoms with Crippen LogP contribution in [-0.2, 0) is 6.54 Å². The highest BCUT2D eigenvalue weighted by Gasteiger charge is 2.16. The zero-order valence-electron chi connectivity index (χ0n) is 12.4. The topological polar surface area (TPSA) is 32.7 Å². The zero-order valence-corrected chi connectivity index (χ0v) is 12.4. The van der Waals surface area contributed by atoms with Crippen LogP contribution in [0.2, 0.25) is 0 Å². The standard InChI is InChI=1S/C15H25NO2/c1-11-8-14(18-6)12(2)7-13(11)9-16(5)10-15(3,4)17/h7-8,17H,9-10H2,1-6H3. The number of hydrogen-bond acceptors (Lipinski definition) is 3. The van der Waals surface area contributed by atoms with Gasteiger partial charge in [0.05, 0.1) is 12.7 Å². The van der Waals surface area contributed by atoms with Gasteiger partial charge in [-0.3, -0.25) is 4.90 Å². The molecule has 0 unspecified atom stereocenters. The fraction of sp³-hybridized carbons (Fsp3) is 0.600. The molecule has 1 N–H and O–H groups in total. The quantitative estimate of drug-likeness (QED) is 0.873. The Bertz CT molecular complexity index is 408. The number of benzene rings is 1. The smallest absolute Gasteiger partial charge is 0.122 e. The van der Waals surface area contributed by atoms with Crippen LogP contribution < -0.4 is 4.74 Å². The third-order valence-electron chi connectivity index (χ3n) is 2.95. The van der Waals surface area contributed by atoms with E-state index in [4.69, 9.17) is 4.74 Å². The van der Waals surface area contributed by atoms with Gasteiger partial charge < -0.3 is 9.84 Å². The SMILES string of the molecule is COc1cc(C)c(CN(C)CC(C)(C)O)cc1C. The predicted molar refractivity (Wildman–Crippen MR) is 75.1 cm³/mol. The van der Waals surface area contributed by atoms with Gasteiger partial charge >= 0.3 is 0 Å². The van der Waals surface area contributed by atoms with Crippen LogP contribution in [-0.4, -0.2) is 36.3 Å². The lowest BCUT2D eigenvalue weighted by atomic mass is 10.0. The highest BCUT2D eigenvalue weighted by Crippen LogP contribution is 2.23. The van der Waals surface area contributed by atoms with Gasteiger partial charge in [0, 0.05) is 13.1 Å². The molecular weight excluding hydrogens is 226 g/mol. The molecule has 0 heterocycles. The molecule has 0 aliphatic rings. The number of methoxy groups -OCH3 is 1. The van der Waals surface area contributed by atoms with E-state index in [0.717, 1.165) is 17.9 Å². The summed E-state index contributed by atoms with van der Waals surface area (Å²) in [4.78, 5) is 2.13. The van der Waals surface area contributed by atoms with Crippen molar-refractivity contribution >= 4 is 0 Å². The number of rotatable bonds is 5. The zero-order chi connectivity index (χ0) is 13.9. The van der Waals surface area contributed by atoms with Crippen LogP contribution >= 0.6 is 0 Å². The van der Waals surface area contributed by atoms with Crippen molar-refractivity contribution in [3.63, 3.8) is 0 Å². The summed E-state index contributed by atoms with van der Waals surface area (Å²) in [7, 11) is 3.72. The monoisotopic (exact) mass is 251 g/mol. The molecule has 3 heteroatoms. The Morgan fingerprint density at radius 2 is 1.83 bits per heavy atom. The molecule has 1 aromatic rings. The van der Waals surface area contributed by atoms with E-state index >= 15 is 0 Å². The number of hydrogen-bond donors (Lipinski definition) is 1. The van der Waals surface area contributed by atoms with Crippen molar-refractivity contribution in [2.24, 2.45) is 0 Å². The Kier molecular flexibility index (Phi) is 4.77. The molecule has 102 valence electrons. The normalized spacial score (nSPS) is 12.0. The lowest BCUT2D eigenvalue weighted by molar-refractivity contribution is 0.0424. The maximum atomic E-state index is 9.81. The first-order valence-corrected chi connectivity index (χ1v) is 6.28. The van der Waals surface area contributed by atoms with Gasteiger partial charge in [-0.15, -0.1) is 0 Å². The highest BCUT2D eigenvalue weighted by atomic mass is 16.5. The van der Waals surface area contributed by atoms with E-state index in [1.807, 2.05) is 20.9 Å². The maximum Gasteiger partial charge on any atom is 0.122 e. The second-order valence-electron chi connectivity index (χ2n) is 5.73. The molecule has 1 aromatic carbocycles. The van der Waals surface area contributed by atoms with Crippen LogP contribution in [0.15, 0.2) is 12.1 Å². The third-order valence-corrected chi connectivity index (χ3v) is 2.95. The number of nitrogens with zero attached hydrogens (tertiary/aromatic N) is 1. The largest absolute Gasteiger partial charge is 0.496 e. The summed E-state index contributed by atoms with van der Waals surface area (Å²) in [6.45, 7) is 9.29. The molecule has 18 heavy (non-hydrogen) atoms. The summed E-state index contributed by atoms with van der Waals surface area (Å²) in [5.41, 5.74) is 2.99. The summed E-state index contributed by atoms with van der Waals surface area (Å²) < 4.78 is 5.31. The van der Waals surface area contributed by atoms with Gasteiger partial charge in [-0.05, 0) is 57.5 Å². The van der Waals surface area contributed by atoms with Crippen molar-refractivity contribution in [2.45, 2.75) is 39.8 Å². The molecule has 0 aliphatic carbocycles. The molecule has 3 nitrogen and oxygen atoms in total. The summed E-state index contributed by atoms with van der Waals surface area (Å²) >= 11 is 0. The van der Waals surface area contributed by atoms with Gasteiger partial charge in [-0.2, -0.15) is 0 Å². The number of ether oxygens (including phenoxy) is 1. The molecule has 1 rings (SSSR count). The summed E-state index contributed by atoms with van der Waals surface area (Å²) in [5.74, 6) is 0.932. The molecule has 0 aliphatic heterocycles. The molecular formula is C15H25NO2. The van der Waals surface area contributed by atoms with E-state index in [9.17, 15) is 5.11 Å². The minimum atomic E-state index is -0.663. The molecule has 0 saturated heterocycles. The second-order valence-corrected chi connectivity index (χ2v) is 5.73. The third kappa shape index (κ3) is 4.31. The van der Waals surface area contributed by atoms with Crippen LogP contribution in [0.4, 0.5) is 0 Å². The van der Waals surface area contributed by atoms with Crippen molar-refractivity contribution in [3.8, 4) is 5.75 Å². The van der Waals surface area contributed by atoms with Gasteiger partial charge in [0.2, 0.25) is 0 Å². The van der Waals surface area contributed by atoms with E-state index in [1.54, 1.807) is 7.11 Å². The van der Waals surface area contributed by atoms with Crippen LogP contribution in [0.3, 0.4) is 0 Å². The molecule has 0 fully saturated rings. The molecule has 0 atom stereocenters. The Labute approximate surface area is 110 Å². The summed E-state index contributed by atoms with van der Waals surface area (Å²) in [5, 5.41) is 9.81. The minimum Gasteiger partial charge on any atom is -0.496 e. The minimum absolute atomic E-state index is 0.650. The fourth-order valence-electron chi connectivity index (χ4n) is 2.25. The van der Waals surface area contributed by atoms with Crippen molar-refractivity contribution < 1.29 is 9.84 Å². The van der Waals surface area contributed by atoms with Crippen molar-refractivity contribution in [1.29, 1.82) is 0 Å². The van der Waals surface area contributed by atoms with Gasteiger partial charge in [-0.25, -0.2) is 0 Å². The summed E-state index contributed by atoms with van der Waals surface area (Å²) in [6, 6.07) is 4.23. The Hall–Kier alpha value is -1.06. The average Bonchev–Trinajstić information content (AvgIpc) is 2.20. The Morgan fingerprint density at radius 1 is 1.22 bits per heavy atom. The molecule has 0 aromatic heterocycles. The van der Waals surface area contributed by atoms with Crippen LogP contribution in [0.1, 0.15) is 30.5 Å². The summed E-state index contributed by atoms with van der Waals surface area (Å²) in [6.07, 6.45) is 0. The lowest BCUT2D eigenvalue weighted by Gasteiger charge is -2.26. The predicted octanol–water partition coefficient (Wildman–Crippen LogP) is 2.51. The number of likely N-dealkylation sites (N-methyl/N-ethyl adjacent to an activating group) is 1. The van der Waals surface area contributed by atoms with E-state index in [1.165, 1.54) is 11.1 Å².